The summed E-state index contributed by atoms with van der Waals surface area (Å²) in [6.07, 6.45) is 19.1. The highest BCUT2D eigenvalue weighted by atomic mass is 14.9. The fraction of sp³-hybridized carbons (Fsp3) is 1.00. The minimum absolute atomic E-state index is 0.699. The number of rotatable bonds is 13. The van der Waals surface area contributed by atoms with E-state index in [0.29, 0.717) is 5.41 Å². The molecule has 0 aliphatic heterocycles. The first-order valence-electron chi connectivity index (χ1n) is 10.0. The maximum absolute atomic E-state index is 3.73. The predicted molar refractivity (Wildman–Crippen MR) is 93.7 cm³/mol. The van der Waals surface area contributed by atoms with Crippen LogP contribution < -0.4 is 5.32 Å². The maximum Gasteiger partial charge on any atom is 0.000801 e. The summed E-state index contributed by atoms with van der Waals surface area (Å²) in [7, 11) is 0. The summed E-state index contributed by atoms with van der Waals surface area (Å²) in [6, 6.07) is 0. The second kappa shape index (κ2) is 9.18. The van der Waals surface area contributed by atoms with Crippen LogP contribution in [0.5, 0.6) is 0 Å². The van der Waals surface area contributed by atoms with Crippen molar-refractivity contribution in [1.29, 1.82) is 0 Å². The molecule has 0 aromatic heterocycles. The molecule has 0 spiro atoms. The maximum atomic E-state index is 3.73. The van der Waals surface area contributed by atoms with Gasteiger partial charge in [0.25, 0.3) is 0 Å². The molecule has 124 valence electrons. The molecule has 2 atom stereocenters. The highest BCUT2D eigenvalue weighted by Gasteiger charge is 2.52. The molecule has 1 N–H and O–H groups in total. The summed E-state index contributed by atoms with van der Waals surface area (Å²) >= 11 is 0. The highest BCUT2D eigenvalue weighted by Crippen LogP contribution is 2.61. The van der Waals surface area contributed by atoms with Gasteiger partial charge in [0, 0.05) is 6.54 Å². The summed E-state index contributed by atoms with van der Waals surface area (Å²) in [4.78, 5) is 0. The van der Waals surface area contributed by atoms with Gasteiger partial charge in [0.2, 0.25) is 0 Å². The van der Waals surface area contributed by atoms with E-state index in [1.165, 1.54) is 77.3 Å². The molecule has 0 saturated heterocycles. The normalized spacial score (nSPS) is 30.6. The first kappa shape index (κ1) is 17.3. The van der Waals surface area contributed by atoms with Gasteiger partial charge in [-0.2, -0.15) is 0 Å². The molecule has 2 aliphatic rings. The van der Waals surface area contributed by atoms with E-state index < -0.39 is 0 Å². The largest absolute Gasteiger partial charge is 0.316 e. The Morgan fingerprint density at radius 1 is 0.810 bits per heavy atom. The van der Waals surface area contributed by atoms with Crippen LogP contribution in [0.25, 0.3) is 0 Å². The van der Waals surface area contributed by atoms with Crippen LogP contribution in [0.15, 0.2) is 0 Å². The lowest BCUT2D eigenvalue weighted by molar-refractivity contribution is 0.222. The topological polar surface area (TPSA) is 12.0 Å². The van der Waals surface area contributed by atoms with E-state index in [4.69, 9.17) is 0 Å². The van der Waals surface area contributed by atoms with Crippen LogP contribution in [0.3, 0.4) is 0 Å². The Kier molecular flexibility index (Phi) is 7.57. The second-order valence-corrected chi connectivity index (χ2v) is 8.07. The Morgan fingerprint density at radius 3 is 2.05 bits per heavy atom. The first-order chi connectivity index (χ1) is 10.3. The molecule has 1 nitrogen and oxygen atoms in total. The van der Waals surface area contributed by atoms with Gasteiger partial charge in [-0.3, -0.25) is 0 Å². The van der Waals surface area contributed by atoms with Crippen molar-refractivity contribution in [3.05, 3.63) is 0 Å². The van der Waals surface area contributed by atoms with Crippen LogP contribution in [0, 0.1) is 17.3 Å². The fourth-order valence-corrected chi connectivity index (χ4v) is 4.61. The molecule has 21 heavy (non-hydrogen) atoms. The molecule has 2 unspecified atom stereocenters. The van der Waals surface area contributed by atoms with Crippen LogP contribution in [-0.2, 0) is 0 Å². The molecule has 0 radical (unpaired) electrons. The van der Waals surface area contributed by atoms with E-state index in [2.05, 4.69) is 19.2 Å². The van der Waals surface area contributed by atoms with Gasteiger partial charge in [0.05, 0.1) is 0 Å². The molecule has 0 aromatic carbocycles. The monoisotopic (exact) mass is 293 g/mol. The summed E-state index contributed by atoms with van der Waals surface area (Å²) in [5.41, 5.74) is 0.699. The Labute approximate surface area is 133 Å². The van der Waals surface area contributed by atoms with Crippen molar-refractivity contribution in [2.75, 3.05) is 13.1 Å². The predicted octanol–water partition coefficient (Wildman–Crippen LogP) is 5.93. The van der Waals surface area contributed by atoms with E-state index in [9.17, 15) is 0 Å². The van der Waals surface area contributed by atoms with Crippen molar-refractivity contribution in [2.24, 2.45) is 17.3 Å². The van der Waals surface area contributed by atoms with E-state index in [1.54, 1.807) is 19.3 Å². The van der Waals surface area contributed by atoms with Crippen LogP contribution in [0.2, 0.25) is 0 Å². The third kappa shape index (κ3) is 5.93. The number of hydrogen-bond donors (Lipinski definition) is 1. The molecule has 0 amide bonds. The van der Waals surface area contributed by atoms with Crippen molar-refractivity contribution in [2.45, 2.75) is 97.3 Å². The molecule has 1 heteroatoms. The smallest absolute Gasteiger partial charge is 0.000801 e. The van der Waals surface area contributed by atoms with Gasteiger partial charge >= 0.3 is 0 Å². The number of nitrogens with one attached hydrogen (secondary N) is 1. The lowest BCUT2D eigenvalue weighted by Gasteiger charge is -2.31. The third-order valence-electron chi connectivity index (χ3n) is 5.95. The van der Waals surface area contributed by atoms with Crippen molar-refractivity contribution in [1.82, 2.24) is 5.32 Å². The molecule has 0 aromatic rings. The minimum atomic E-state index is 0.699. The van der Waals surface area contributed by atoms with Crippen LogP contribution in [0.4, 0.5) is 0 Å². The fourth-order valence-electron chi connectivity index (χ4n) is 4.61. The van der Waals surface area contributed by atoms with Gasteiger partial charge in [0.1, 0.15) is 0 Å². The van der Waals surface area contributed by atoms with Crippen molar-refractivity contribution in [3.8, 4) is 0 Å². The van der Waals surface area contributed by atoms with E-state index in [1.807, 2.05) is 0 Å². The Morgan fingerprint density at radius 2 is 1.43 bits per heavy atom. The minimum Gasteiger partial charge on any atom is -0.316 e. The van der Waals surface area contributed by atoms with Crippen LogP contribution >= 0.6 is 0 Å². The van der Waals surface area contributed by atoms with Gasteiger partial charge in [-0.05, 0) is 55.9 Å². The summed E-state index contributed by atoms with van der Waals surface area (Å²) in [6.45, 7) is 7.11. The van der Waals surface area contributed by atoms with Crippen LogP contribution in [0.1, 0.15) is 97.3 Å². The average Bonchev–Trinajstić information content (AvgIpc) is 3.10. The number of hydrogen-bond acceptors (Lipinski definition) is 1. The number of fused-ring (bicyclic) bond motifs is 1. The first-order valence-corrected chi connectivity index (χ1v) is 10.0. The van der Waals surface area contributed by atoms with Gasteiger partial charge < -0.3 is 5.32 Å². The lowest BCUT2D eigenvalue weighted by atomic mass is 9.78. The van der Waals surface area contributed by atoms with Crippen molar-refractivity contribution < 1.29 is 0 Å². The van der Waals surface area contributed by atoms with E-state index in [-0.39, 0.29) is 0 Å². The van der Waals surface area contributed by atoms with Gasteiger partial charge in [0.15, 0.2) is 0 Å². The van der Waals surface area contributed by atoms with E-state index >= 15 is 0 Å². The molecule has 2 saturated carbocycles. The molecule has 2 aliphatic carbocycles. The zero-order valence-electron chi connectivity index (χ0n) is 14.8. The standard InChI is InChI=1S/C20H39N/c1-3-5-6-7-8-9-10-11-12-20(17-21-13-4-2)15-18-14-19(18)16-20/h18-19,21H,3-17H2,1-2H3. The quantitative estimate of drug-likeness (QED) is 0.415. The number of unbranched alkanes of at least 4 members (excludes halogenated alkanes) is 7. The molecule has 0 heterocycles. The lowest BCUT2D eigenvalue weighted by Crippen LogP contribution is -2.33. The third-order valence-corrected chi connectivity index (χ3v) is 5.95. The molecule has 2 rings (SSSR count). The molecule has 0 bridgehead atoms. The van der Waals surface area contributed by atoms with Gasteiger partial charge in [-0.15, -0.1) is 0 Å². The Hall–Kier alpha value is -0.0400. The molecular weight excluding hydrogens is 254 g/mol. The van der Waals surface area contributed by atoms with Gasteiger partial charge in [-0.1, -0.05) is 65.2 Å². The summed E-state index contributed by atoms with van der Waals surface area (Å²) in [5, 5.41) is 3.73. The van der Waals surface area contributed by atoms with Crippen molar-refractivity contribution in [3.63, 3.8) is 0 Å². The average molecular weight is 294 g/mol. The Bertz CT molecular complexity index is 263. The summed E-state index contributed by atoms with van der Waals surface area (Å²) in [5.74, 6) is 2.25. The SMILES string of the molecule is CCCCCCCCCCC1(CNCCC)CC2CC2C1. The summed E-state index contributed by atoms with van der Waals surface area (Å²) < 4.78 is 0. The molecular formula is C20H39N. The Balaban J connectivity index is 1.55. The van der Waals surface area contributed by atoms with E-state index in [0.717, 1.165) is 11.8 Å². The van der Waals surface area contributed by atoms with Crippen molar-refractivity contribution >= 4 is 0 Å². The zero-order valence-corrected chi connectivity index (χ0v) is 14.8. The van der Waals surface area contributed by atoms with Gasteiger partial charge in [-0.25, -0.2) is 0 Å². The zero-order chi connectivity index (χ0) is 15.0. The molecule has 2 fully saturated rings. The second-order valence-electron chi connectivity index (χ2n) is 8.07. The highest BCUT2D eigenvalue weighted by molar-refractivity contribution is 5.03. The van der Waals surface area contributed by atoms with Crippen LogP contribution in [-0.4, -0.2) is 13.1 Å².